The Hall–Kier alpha value is -0.160. The molecule has 0 aromatic carbocycles. The van der Waals surface area contributed by atoms with Crippen molar-refractivity contribution in [1.29, 1.82) is 0 Å². The Morgan fingerprint density at radius 1 is 1.50 bits per heavy atom. The van der Waals surface area contributed by atoms with Crippen LogP contribution in [0.3, 0.4) is 0 Å². The maximum atomic E-state index is 7.83. The number of aliphatic hydroxyl groups is 1. The number of aliphatic hydroxyl groups excluding tert-OH is 1. The molecule has 6 N–H and O–H groups in total. The molecule has 40 valence electrons. The second-order valence-electron chi connectivity index (χ2n) is 0.741. The van der Waals surface area contributed by atoms with Crippen LogP contribution in [0, 0.1) is 0 Å². The van der Waals surface area contributed by atoms with Crippen molar-refractivity contribution in [3.05, 3.63) is 0 Å². The fourth-order valence-electron chi connectivity index (χ4n) is 0. The normalized spacial score (nSPS) is 11.5. The molecule has 0 saturated heterocycles. The minimum Gasteiger partial charge on any atom is -0.379 e. The van der Waals surface area contributed by atoms with Gasteiger partial charge in [0.1, 0.15) is 0 Å². The van der Waals surface area contributed by atoms with E-state index in [1.807, 2.05) is 0 Å². The second-order valence-corrected chi connectivity index (χ2v) is 0.741. The Morgan fingerprint density at radius 3 is 1.50 bits per heavy atom. The molecular formula is C2H10N2O2. The third-order valence-corrected chi connectivity index (χ3v) is 0. The highest BCUT2D eigenvalue weighted by Crippen LogP contribution is 1.50. The third-order valence-electron chi connectivity index (χ3n) is 0. The molecule has 0 bridgehead atoms. The van der Waals surface area contributed by atoms with Gasteiger partial charge < -0.3 is 16.0 Å². The second kappa shape index (κ2) is 8.85. The van der Waals surface area contributed by atoms with Crippen molar-refractivity contribution in [2.24, 2.45) is 11.6 Å². The van der Waals surface area contributed by atoms with Crippen LogP contribution in [0.2, 0.25) is 0 Å². The topological polar surface area (TPSA) is 92.5 Å². The first-order valence-electron chi connectivity index (χ1n) is 1.43. The summed E-state index contributed by atoms with van der Waals surface area (Å²) in [5.41, 5.74) is 4.67. The van der Waals surface area contributed by atoms with E-state index in [9.17, 15) is 0 Å². The van der Waals surface area contributed by atoms with E-state index in [0.717, 1.165) is 0 Å². The van der Waals surface area contributed by atoms with Gasteiger partial charge in [-0.1, -0.05) is 0 Å². The fraction of sp³-hybridized carbons (Fsp3) is 1.00. The molecule has 0 spiro atoms. The van der Waals surface area contributed by atoms with Crippen molar-refractivity contribution < 1.29 is 10.3 Å². The van der Waals surface area contributed by atoms with E-state index in [4.69, 9.17) is 10.3 Å². The summed E-state index contributed by atoms with van der Waals surface area (Å²) in [5, 5.41) is 14.3. The maximum Gasteiger partial charge on any atom is 0.0991 e. The van der Waals surface area contributed by atoms with Crippen LogP contribution in [-0.4, -0.2) is 16.5 Å². The molecule has 1 unspecified atom stereocenters. The van der Waals surface area contributed by atoms with Gasteiger partial charge in [0, 0.05) is 0 Å². The maximum absolute atomic E-state index is 7.83. The van der Waals surface area contributed by atoms with Gasteiger partial charge in [-0.15, -0.1) is 0 Å². The molecule has 0 aliphatic rings. The summed E-state index contributed by atoms with van der Waals surface area (Å²) in [5.74, 6) is 3.50. The highest BCUT2D eigenvalue weighted by atomic mass is 16.4. The first-order chi connectivity index (χ1) is 2.73. The molecule has 1 atom stereocenters. The molecule has 0 radical (unpaired) electrons. The fourth-order valence-corrected chi connectivity index (χ4v) is 0. The Bertz CT molecular complexity index is 14.3. The third kappa shape index (κ3) is 1210. The molecule has 0 aromatic rings. The molecular weight excluding hydrogens is 84.0 g/mol. The smallest absolute Gasteiger partial charge is 0.0991 e. The van der Waals surface area contributed by atoms with E-state index in [2.05, 4.69) is 11.6 Å². The van der Waals surface area contributed by atoms with Gasteiger partial charge in [0.15, 0.2) is 0 Å². The number of nitrogens with two attached hydrogens (primary N) is 2. The SMILES string of the molecule is CC(N)O.NO. The molecule has 0 amide bonds. The minimum atomic E-state index is -0.667. The van der Waals surface area contributed by atoms with E-state index in [0.29, 0.717) is 0 Å². The Kier molecular flexibility index (Phi) is 13.7. The van der Waals surface area contributed by atoms with Crippen molar-refractivity contribution in [2.75, 3.05) is 0 Å². The molecule has 0 aliphatic heterocycles. The van der Waals surface area contributed by atoms with E-state index in [1.165, 1.54) is 6.92 Å². The predicted molar refractivity (Wildman–Crippen MR) is 21.8 cm³/mol. The van der Waals surface area contributed by atoms with Crippen molar-refractivity contribution >= 4 is 0 Å². The van der Waals surface area contributed by atoms with Gasteiger partial charge >= 0.3 is 0 Å². The van der Waals surface area contributed by atoms with Crippen LogP contribution in [0.25, 0.3) is 0 Å². The van der Waals surface area contributed by atoms with Gasteiger partial charge in [0.25, 0.3) is 0 Å². The average Bonchev–Trinajstić information content (AvgIpc) is 1.41. The summed E-state index contributed by atoms with van der Waals surface area (Å²) >= 11 is 0. The number of rotatable bonds is 0. The summed E-state index contributed by atoms with van der Waals surface area (Å²) < 4.78 is 0. The van der Waals surface area contributed by atoms with E-state index < -0.39 is 6.23 Å². The summed E-state index contributed by atoms with van der Waals surface area (Å²) in [4.78, 5) is 0. The van der Waals surface area contributed by atoms with Crippen molar-refractivity contribution in [1.82, 2.24) is 0 Å². The lowest BCUT2D eigenvalue weighted by atomic mass is 10.7. The zero-order valence-corrected chi connectivity index (χ0v) is 3.63. The lowest BCUT2D eigenvalue weighted by molar-refractivity contribution is 0.203. The van der Waals surface area contributed by atoms with E-state index in [1.54, 1.807) is 0 Å². The van der Waals surface area contributed by atoms with Crippen LogP contribution in [0.15, 0.2) is 0 Å². The Morgan fingerprint density at radius 2 is 1.50 bits per heavy atom. The molecule has 0 aromatic heterocycles. The molecule has 0 saturated carbocycles. The Balaban J connectivity index is 0. The van der Waals surface area contributed by atoms with Crippen molar-refractivity contribution in [3.8, 4) is 0 Å². The van der Waals surface area contributed by atoms with Gasteiger partial charge in [-0.3, -0.25) is 0 Å². The first kappa shape index (κ1) is 9.28. The van der Waals surface area contributed by atoms with Crippen LogP contribution < -0.4 is 11.6 Å². The largest absolute Gasteiger partial charge is 0.379 e. The molecule has 0 rings (SSSR count). The number of hydrogen-bond acceptors (Lipinski definition) is 4. The Labute approximate surface area is 36.3 Å². The lowest BCUT2D eigenvalue weighted by Gasteiger charge is -1.82. The zero-order valence-electron chi connectivity index (χ0n) is 3.63. The molecule has 0 fully saturated rings. The lowest BCUT2D eigenvalue weighted by Crippen LogP contribution is -2.11. The molecule has 6 heavy (non-hydrogen) atoms. The van der Waals surface area contributed by atoms with E-state index in [-0.39, 0.29) is 0 Å². The summed E-state index contributed by atoms with van der Waals surface area (Å²) in [6.07, 6.45) is -0.667. The summed E-state index contributed by atoms with van der Waals surface area (Å²) in [6.45, 7) is 1.50. The summed E-state index contributed by atoms with van der Waals surface area (Å²) in [6, 6.07) is 0. The standard InChI is InChI=1S/C2H7NO.H3NO/c1-2(3)4;1-2/h2,4H,3H2,1H3;2H,1H2. The summed E-state index contributed by atoms with van der Waals surface area (Å²) in [7, 11) is 0. The first-order valence-corrected chi connectivity index (χ1v) is 1.43. The monoisotopic (exact) mass is 94.1 g/mol. The van der Waals surface area contributed by atoms with Gasteiger partial charge in [0.2, 0.25) is 0 Å². The van der Waals surface area contributed by atoms with Crippen LogP contribution >= 0.6 is 0 Å². The van der Waals surface area contributed by atoms with Gasteiger partial charge in [-0.05, 0) is 6.92 Å². The van der Waals surface area contributed by atoms with Gasteiger partial charge in [-0.2, -0.15) is 0 Å². The van der Waals surface area contributed by atoms with E-state index >= 15 is 0 Å². The van der Waals surface area contributed by atoms with Crippen LogP contribution in [0.1, 0.15) is 6.92 Å². The van der Waals surface area contributed by atoms with Crippen molar-refractivity contribution in [2.45, 2.75) is 13.2 Å². The predicted octanol–water partition coefficient (Wildman–Crippen LogP) is -1.38. The van der Waals surface area contributed by atoms with Crippen LogP contribution in [0.5, 0.6) is 0 Å². The molecule has 4 heteroatoms. The molecule has 0 heterocycles. The van der Waals surface area contributed by atoms with Gasteiger partial charge in [-0.25, -0.2) is 5.90 Å². The van der Waals surface area contributed by atoms with Gasteiger partial charge in [0.05, 0.1) is 6.23 Å². The molecule has 4 nitrogen and oxygen atoms in total. The average molecular weight is 94.1 g/mol. The minimum absolute atomic E-state index is 0.667. The van der Waals surface area contributed by atoms with Crippen molar-refractivity contribution in [3.63, 3.8) is 0 Å². The molecule has 0 aliphatic carbocycles. The number of hydrogen-bond donors (Lipinski definition) is 4. The van der Waals surface area contributed by atoms with Crippen LogP contribution in [0.4, 0.5) is 0 Å². The highest BCUT2D eigenvalue weighted by Gasteiger charge is 1.68. The highest BCUT2D eigenvalue weighted by molar-refractivity contribution is 4.16. The quantitative estimate of drug-likeness (QED) is 0.220. The van der Waals surface area contributed by atoms with Crippen LogP contribution in [-0.2, 0) is 0 Å². The zero-order chi connectivity index (χ0) is 5.58.